The number of urea groups is 1. The Labute approximate surface area is 146 Å². The topological polar surface area (TPSA) is 88.4 Å². The summed E-state index contributed by atoms with van der Waals surface area (Å²) < 4.78 is 6.90. The molecule has 9 heteroatoms. The summed E-state index contributed by atoms with van der Waals surface area (Å²) in [4.78, 5) is 25.5. The van der Waals surface area contributed by atoms with Gasteiger partial charge in [0.2, 0.25) is 0 Å². The van der Waals surface area contributed by atoms with Crippen molar-refractivity contribution in [1.29, 1.82) is 0 Å². The Balaban J connectivity index is 1.59. The zero-order chi connectivity index (χ0) is 17.6. The summed E-state index contributed by atoms with van der Waals surface area (Å²) in [5, 5.41) is 8.37. The lowest BCUT2D eigenvalue weighted by molar-refractivity contribution is 0.140. The SMILES string of the molecule is COCCN1C(=O)N[C@@H]2CN(c3nc(C)nc4c3cnn4C)CC[C@@H]21. The molecule has 2 saturated heterocycles. The summed E-state index contributed by atoms with van der Waals surface area (Å²) >= 11 is 0. The van der Waals surface area contributed by atoms with Gasteiger partial charge >= 0.3 is 6.03 Å². The highest BCUT2D eigenvalue weighted by molar-refractivity contribution is 5.87. The molecule has 0 radical (unpaired) electrons. The molecule has 25 heavy (non-hydrogen) atoms. The average molecular weight is 345 g/mol. The summed E-state index contributed by atoms with van der Waals surface area (Å²) in [6.07, 6.45) is 2.71. The van der Waals surface area contributed by atoms with Crippen LogP contribution in [0.2, 0.25) is 0 Å². The van der Waals surface area contributed by atoms with Gasteiger partial charge in [0.05, 0.1) is 30.3 Å². The molecule has 2 atom stereocenters. The number of hydrogen-bond acceptors (Lipinski definition) is 6. The van der Waals surface area contributed by atoms with Gasteiger partial charge in [0, 0.05) is 33.8 Å². The summed E-state index contributed by atoms with van der Waals surface area (Å²) in [6, 6.07) is 0.311. The maximum atomic E-state index is 12.3. The standard InChI is InChI=1S/C16H23N7O2/c1-10-18-14-11(8-17-21(14)2)15(19-10)22-5-4-13-12(9-22)20-16(24)23(13)6-7-25-3/h8,12-13H,4-7,9H2,1-3H3,(H,20,24)/t12-,13+/m1/s1. The van der Waals surface area contributed by atoms with Crippen LogP contribution in [0.3, 0.4) is 0 Å². The second kappa shape index (κ2) is 6.14. The number of aryl methyl sites for hydroxylation is 2. The molecule has 2 aromatic heterocycles. The molecule has 0 unspecified atom stereocenters. The third-order valence-corrected chi connectivity index (χ3v) is 5.07. The van der Waals surface area contributed by atoms with Crippen LogP contribution in [-0.2, 0) is 11.8 Å². The number of aromatic nitrogens is 4. The van der Waals surface area contributed by atoms with Crippen molar-refractivity contribution in [2.45, 2.75) is 25.4 Å². The van der Waals surface area contributed by atoms with Gasteiger partial charge < -0.3 is 19.9 Å². The Kier molecular flexibility index (Phi) is 3.95. The van der Waals surface area contributed by atoms with E-state index < -0.39 is 0 Å². The number of amides is 2. The summed E-state index contributed by atoms with van der Waals surface area (Å²) in [5.74, 6) is 1.63. The molecule has 4 rings (SSSR count). The van der Waals surface area contributed by atoms with Gasteiger partial charge in [0.15, 0.2) is 5.65 Å². The Morgan fingerprint density at radius 1 is 1.40 bits per heavy atom. The van der Waals surface area contributed by atoms with Crippen molar-refractivity contribution in [3.8, 4) is 0 Å². The number of ether oxygens (including phenoxy) is 1. The number of carbonyl (C=O) groups excluding carboxylic acids is 1. The molecular weight excluding hydrogens is 322 g/mol. The van der Waals surface area contributed by atoms with Gasteiger partial charge in [0.1, 0.15) is 11.6 Å². The van der Waals surface area contributed by atoms with Gasteiger partial charge in [-0.05, 0) is 13.3 Å². The highest BCUT2D eigenvalue weighted by Gasteiger charge is 2.42. The fraction of sp³-hybridized carbons (Fsp3) is 0.625. The lowest BCUT2D eigenvalue weighted by atomic mass is 9.99. The predicted octanol–water partition coefficient (Wildman–Crippen LogP) is 0.291. The van der Waals surface area contributed by atoms with Crippen LogP contribution in [0.15, 0.2) is 6.20 Å². The van der Waals surface area contributed by atoms with Crippen molar-refractivity contribution in [1.82, 2.24) is 30.0 Å². The summed E-state index contributed by atoms with van der Waals surface area (Å²) in [5.41, 5.74) is 0.835. The minimum absolute atomic E-state index is 0.000655. The number of nitrogens with one attached hydrogen (secondary N) is 1. The van der Waals surface area contributed by atoms with Crippen LogP contribution < -0.4 is 10.2 Å². The van der Waals surface area contributed by atoms with Gasteiger partial charge in [-0.2, -0.15) is 5.10 Å². The van der Waals surface area contributed by atoms with E-state index in [9.17, 15) is 4.79 Å². The van der Waals surface area contributed by atoms with Crippen LogP contribution in [0.25, 0.3) is 11.0 Å². The van der Waals surface area contributed by atoms with Crippen LogP contribution in [0, 0.1) is 6.92 Å². The molecule has 2 aromatic rings. The fourth-order valence-corrected chi connectivity index (χ4v) is 3.85. The maximum absolute atomic E-state index is 12.3. The minimum Gasteiger partial charge on any atom is -0.383 e. The van der Waals surface area contributed by atoms with Gasteiger partial charge in [0.25, 0.3) is 0 Å². The van der Waals surface area contributed by atoms with Crippen LogP contribution >= 0.6 is 0 Å². The predicted molar refractivity (Wildman–Crippen MR) is 92.6 cm³/mol. The molecule has 0 aromatic carbocycles. The van der Waals surface area contributed by atoms with Gasteiger partial charge in [-0.3, -0.25) is 4.68 Å². The minimum atomic E-state index is -0.000655. The number of piperidine rings is 1. The average Bonchev–Trinajstić information content (AvgIpc) is 3.11. The normalized spacial score (nSPS) is 23.2. The molecule has 2 aliphatic heterocycles. The lowest BCUT2D eigenvalue weighted by Crippen LogP contribution is -2.52. The molecule has 1 N–H and O–H groups in total. The fourth-order valence-electron chi connectivity index (χ4n) is 3.85. The molecule has 2 fully saturated rings. The Hall–Kier alpha value is -2.42. The van der Waals surface area contributed by atoms with Crippen LogP contribution in [-0.4, -0.2) is 76.1 Å². The molecule has 0 spiro atoms. The van der Waals surface area contributed by atoms with E-state index in [1.54, 1.807) is 11.8 Å². The number of fused-ring (bicyclic) bond motifs is 2. The van der Waals surface area contributed by atoms with Gasteiger partial charge in [-0.25, -0.2) is 14.8 Å². The van der Waals surface area contributed by atoms with E-state index in [2.05, 4.69) is 25.3 Å². The monoisotopic (exact) mass is 345 g/mol. The van der Waals surface area contributed by atoms with E-state index in [0.29, 0.717) is 13.2 Å². The summed E-state index contributed by atoms with van der Waals surface area (Å²) in [6.45, 7) is 4.66. The molecule has 2 amide bonds. The second-order valence-electron chi connectivity index (χ2n) is 6.64. The van der Waals surface area contributed by atoms with Crippen molar-refractivity contribution in [2.24, 2.45) is 7.05 Å². The van der Waals surface area contributed by atoms with E-state index in [0.717, 1.165) is 42.2 Å². The molecule has 0 aliphatic carbocycles. The number of anilines is 1. The number of methoxy groups -OCH3 is 1. The van der Waals surface area contributed by atoms with Crippen molar-refractivity contribution in [3.63, 3.8) is 0 Å². The van der Waals surface area contributed by atoms with Crippen molar-refractivity contribution >= 4 is 22.9 Å². The first-order valence-electron chi connectivity index (χ1n) is 8.56. The largest absolute Gasteiger partial charge is 0.383 e. The van der Waals surface area contributed by atoms with E-state index in [4.69, 9.17) is 4.74 Å². The number of carbonyl (C=O) groups is 1. The quantitative estimate of drug-likeness (QED) is 0.857. The lowest BCUT2D eigenvalue weighted by Gasteiger charge is -2.37. The Morgan fingerprint density at radius 2 is 2.24 bits per heavy atom. The third-order valence-electron chi connectivity index (χ3n) is 5.07. The van der Waals surface area contributed by atoms with E-state index in [-0.39, 0.29) is 18.1 Å². The third kappa shape index (κ3) is 2.68. The highest BCUT2D eigenvalue weighted by atomic mass is 16.5. The first kappa shape index (κ1) is 16.1. The van der Waals surface area contributed by atoms with Crippen LogP contribution in [0.5, 0.6) is 0 Å². The van der Waals surface area contributed by atoms with Crippen LogP contribution in [0.4, 0.5) is 10.6 Å². The van der Waals surface area contributed by atoms with Gasteiger partial charge in [-0.1, -0.05) is 0 Å². The number of rotatable bonds is 4. The van der Waals surface area contributed by atoms with Crippen molar-refractivity contribution in [2.75, 3.05) is 38.3 Å². The highest BCUT2D eigenvalue weighted by Crippen LogP contribution is 2.29. The number of hydrogen-bond donors (Lipinski definition) is 1. The van der Waals surface area contributed by atoms with E-state index in [1.807, 2.05) is 25.1 Å². The Morgan fingerprint density at radius 3 is 3.04 bits per heavy atom. The zero-order valence-corrected chi connectivity index (χ0v) is 14.8. The number of nitrogens with zero attached hydrogens (tertiary/aromatic N) is 6. The first-order valence-corrected chi connectivity index (χ1v) is 8.56. The van der Waals surface area contributed by atoms with E-state index >= 15 is 0 Å². The molecule has 134 valence electrons. The van der Waals surface area contributed by atoms with Crippen molar-refractivity contribution < 1.29 is 9.53 Å². The molecule has 0 saturated carbocycles. The first-order chi connectivity index (χ1) is 12.1. The molecule has 9 nitrogen and oxygen atoms in total. The second-order valence-corrected chi connectivity index (χ2v) is 6.64. The smallest absolute Gasteiger partial charge is 0.318 e. The zero-order valence-electron chi connectivity index (χ0n) is 14.8. The van der Waals surface area contributed by atoms with E-state index in [1.165, 1.54) is 0 Å². The molecule has 0 bridgehead atoms. The van der Waals surface area contributed by atoms with Gasteiger partial charge in [-0.15, -0.1) is 0 Å². The maximum Gasteiger partial charge on any atom is 0.318 e. The Bertz CT molecular complexity index is 805. The molecule has 4 heterocycles. The van der Waals surface area contributed by atoms with Crippen molar-refractivity contribution in [3.05, 3.63) is 12.0 Å². The summed E-state index contributed by atoms with van der Waals surface area (Å²) in [7, 11) is 3.54. The molecular formula is C16H23N7O2. The molecule has 2 aliphatic rings. The van der Waals surface area contributed by atoms with Crippen LogP contribution in [0.1, 0.15) is 12.2 Å².